The van der Waals surface area contributed by atoms with E-state index < -0.39 is 0 Å². The summed E-state index contributed by atoms with van der Waals surface area (Å²) in [4.78, 5) is 13.9. The van der Waals surface area contributed by atoms with Gasteiger partial charge in [0.25, 0.3) is 0 Å². The monoisotopic (exact) mass is 311 g/mol. The van der Waals surface area contributed by atoms with E-state index in [0.717, 1.165) is 36.9 Å². The fraction of sp³-hybridized carbons (Fsp3) is 0.462. The first-order valence-electron chi connectivity index (χ1n) is 6.16. The fourth-order valence-electron chi connectivity index (χ4n) is 2.38. The molecule has 1 atom stereocenters. The lowest BCUT2D eigenvalue weighted by molar-refractivity contribution is -0.126. The van der Waals surface area contributed by atoms with Crippen LogP contribution in [-0.4, -0.2) is 23.9 Å². The highest BCUT2D eigenvalue weighted by atomic mass is 79.9. The van der Waals surface area contributed by atoms with E-state index in [4.69, 9.17) is 5.84 Å². The van der Waals surface area contributed by atoms with E-state index >= 15 is 0 Å². The van der Waals surface area contributed by atoms with Crippen LogP contribution in [-0.2, 0) is 11.3 Å². The summed E-state index contributed by atoms with van der Waals surface area (Å²) in [5.41, 5.74) is 3.53. The number of carbonyl (C=O) groups is 1. The number of nitrogens with zero attached hydrogens (tertiary/aromatic N) is 1. The van der Waals surface area contributed by atoms with Gasteiger partial charge in [0.15, 0.2) is 0 Å². The second-order valence-corrected chi connectivity index (χ2v) is 5.62. The van der Waals surface area contributed by atoms with Crippen LogP contribution >= 0.6 is 15.9 Å². The third kappa shape index (κ3) is 3.54. The molecule has 1 fully saturated rings. The Morgan fingerprint density at radius 2 is 2.17 bits per heavy atom. The summed E-state index contributed by atoms with van der Waals surface area (Å²) >= 11 is 3.43. The molecule has 0 saturated carbocycles. The molecule has 4 nitrogen and oxygen atoms in total. The van der Waals surface area contributed by atoms with Crippen molar-refractivity contribution >= 4 is 21.8 Å². The van der Waals surface area contributed by atoms with Gasteiger partial charge in [-0.25, -0.2) is 5.84 Å². The van der Waals surface area contributed by atoms with Gasteiger partial charge in [0.2, 0.25) is 5.91 Å². The zero-order chi connectivity index (χ0) is 13.0. The van der Waals surface area contributed by atoms with Crippen molar-refractivity contribution in [3.63, 3.8) is 0 Å². The van der Waals surface area contributed by atoms with Crippen molar-refractivity contribution < 1.29 is 4.79 Å². The normalized spacial score (nSPS) is 20.7. The molecule has 0 aromatic heterocycles. The highest BCUT2D eigenvalue weighted by Crippen LogP contribution is 2.19. The molecule has 0 spiro atoms. The first-order chi connectivity index (χ1) is 8.69. The van der Waals surface area contributed by atoms with E-state index in [2.05, 4.69) is 38.4 Å². The second kappa shape index (κ2) is 6.31. The molecule has 1 aromatic carbocycles. The van der Waals surface area contributed by atoms with Crippen LogP contribution in [0.4, 0.5) is 0 Å². The minimum Gasteiger partial charge on any atom is -0.298 e. The predicted octanol–water partition coefficient (Wildman–Crippen LogP) is 1.65. The lowest BCUT2D eigenvalue weighted by Gasteiger charge is -2.31. The van der Waals surface area contributed by atoms with E-state index in [1.54, 1.807) is 0 Å². The summed E-state index contributed by atoms with van der Waals surface area (Å²) in [7, 11) is 0. The van der Waals surface area contributed by atoms with Crippen molar-refractivity contribution in [2.45, 2.75) is 19.4 Å². The third-order valence-electron chi connectivity index (χ3n) is 3.34. The van der Waals surface area contributed by atoms with Gasteiger partial charge < -0.3 is 0 Å². The van der Waals surface area contributed by atoms with Crippen LogP contribution in [0.2, 0.25) is 0 Å². The van der Waals surface area contributed by atoms with Crippen molar-refractivity contribution in [2.24, 2.45) is 11.8 Å². The molecule has 5 heteroatoms. The highest BCUT2D eigenvalue weighted by Gasteiger charge is 2.25. The van der Waals surface area contributed by atoms with E-state index in [1.807, 2.05) is 12.1 Å². The minimum atomic E-state index is -0.0458. The summed E-state index contributed by atoms with van der Waals surface area (Å²) < 4.78 is 1.09. The number of hydrogen-bond donors (Lipinski definition) is 2. The van der Waals surface area contributed by atoms with E-state index in [-0.39, 0.29) is 11.8 Å². The summed E-state index contributed by atoms with van der Waals surface area (Å²) in [5.74, 6) is 5.18. The zero-order valence-electron chi connectivity index (χ0n) is 10.2. The molecular weight excluding hydrogens is 294 g/mol. The van der Waals surface area contributed by atoms with Gasteiger partial charge in [0, 0.05) is 17.6 Å². The molecule has 1 aliphatic rings. The van der Waals surface area contributed by atoms with Gasteiger partial charge in [-0.05, 0) is 37.1 Å². The maximum Gasteiger partial charge on any atom is 0.238 e. The molecular formula is C13H18BrN3O. The van der Waals surface area contributed by atoms with Crippen LogP contribution in [0, 0.1) is 5.92 Å². The minimum absolute atomic E-state index is 0.0270. The largest absolute Gasteiger partial charge is 0.298 e. The fourth-order valence-corrected chi connectivity index (χ4v) is 2.64. The van der Waals surface area contributed by atoms with Crippen LogP contribution in [0.5, 0.6) is 0 Å². The number of likely N-dealkylation sites (tertiary alicyclic amines) is 1. The van der Waals surface area contributed by atoms with Gasteiger partial charge in [0.05, 0.1) is 5.92 Å². The smallest absolute Gasteiger partial charge is 0.238 e. The lowest BCUT2D eigenvalue weighted by atomic mass is 9.97. The number of piperidine rings is 1. The molecule has 1 unspecified atom stereocenters. The molecule has 18 heavy (non-hydrogen) atoms. The molecule has 1 saturated heterocycles. The van der Waals surface area contributed by atoms with Crippen LogP contribution in [0.15, 0.2) is 28.7 Å². The van der Waals surface area contributed by atoms with Gasteiger partial charge in [0.1, 0.15) is 0 Å². The topological polar surface area (TPSA) is 58.4 Å². The molecule has 0 radical (unpaired) electrons. The standard InChI is InChI=1S/C13H18BrN3O/c14-12-5-3-10(4-6-12)8-17-7-1-2-11(9-17)13(18)16-15/h3-6,11H,1-2,7-9,15H2,(H,16,18). The zero-order valence-corrected chi connectivity index (χ0v) is 11.8. The van der Waals surface area contributed by atoms with E-state index in [0.29, 0.717) is 0 Å². The molecule has 1 aliphatic heterocycles. The Hall–Kier alpha value is -0.910. The first kappa shape index (κ1) is 13.5. The Bertz CT molecular complexity index is 407. The third-order valence-corrected chi connectivity index (χ3v) is 3.87. The van der Waals surface area contributed by atoms with E-state index in [1.165, 1.54) is 5.56 Å². The maximum absolute atomic E-state index is 11.5. The first-order valence-corrected chi connectivity index (χ1v) is 6.95. The van der Waals surface area contributed by atoms with Crippen LogP contribution in [0.1, 0.15) is 18.4 Å². The quantitative estimate of drug-likeness (QED) is 0.507. The molecule has 1 aromatic rings. The van der Waals surface area contributed by atoms with Crippen LogP contribution in [0.25, 0.3) is 0 Å². The van der Waals surface area contributed by atoms with E-state index in [9.17, 15) is 4.79 Å². The predicted molar refractivity (Wildman–Crippen MR) is 74.5 cm³/mol. The molecule has 3 N–H and O–H groups in total. The molecule has 1 amide bonds. The van der Waals surface area contributed by atoms with Crippen molar-refractivity contribution in [1.82, 2.24) is 10.3 Å². The van der Waals surface area contributed by atoms with Gasteiger partial charge >= 0.3 is 0 Å². The number of hydrogen-bond acceptors (Lipinski definition) is 3. The van der Waals surface area contributed by atoms with Crippen LogP contribution in [0.3, 0.4) is 0 Å². The molecule has 0 bridgehead atoms. The SMILES string of the molecule is NNC(=O)C1CCCN(Cc2ccc(Br)cc2)C1. The number of carbonyl (C=O) groups excluding carboxylic acids is 1. The average molecular weight is 312 g/mol. The number of rotatable bonds is 3. The number of amides is 1. The number of benzene rings is 1. The van der Waals surface area contributed by atoms with Crippen molar-refractivity contribution in [3.8, 4) is 0 Å². The summed E-state index contributed by atoms with van der Waals surface area (Å²) in [6, 6.07) is 8.31. The lowest BCUT2D eigenvalue weighted by Crippen LogP contribution is -2.44. The Labute approximate surface area is 116 Å². The number of halogens is 1. The van der Waals surface area contributed by atoms with Crippen molar-refractivity contribution in [2.75, 3.05) is 13.1 Å². The number of nitrogens with two attached hydrogens (primary N) is 1. The molecule has 1 heterocycles. The highest BCUT2D eigenvalue weighted by molar-refractivity contribution is 9.10. The Morgan fingerprint density at radius 3 is 2.83 bits per heavy atom. The molecule has 98 valence electrons. The number of nitrogens with one attached hydrogen (secondary N) is 1. The Kier molecular flexibility index (Phi) is 4.74. The maximum atomic E-state index is 11.5. The Morgan fingerprint density at radius 1 is 1.44 bits per heavy atom. The van der Waals surface area contributed by atoms with Gasteiger partial charge in [-0.1, -0.05) is 28.1 Å². The summed E-state index contributed by atoms with van der Waals surface area (Å²) in [6.07, 6.45) is 1.98. The second-order valence-electron chi connectivity index (χ2n) is 4.71. The van der Waals surface area contributed by atoms with Gasteiger partial charge in [-0.15, -0.1) is 0 Å². The van der Waals surface area contributed by atoms with Crippen molar-refractivity contribution in [3.05, 3.63) is 34.3 Å². The van der Waals surface area contributed by atoms with Gasteiger partial charge in [-0.2, -0.15) is 0 Å². The molecule has 2 rings (SSSR count). The Balaban J connectivity index is 1.93. The van der Waals surface area contributed by atoms with Gasteiger partial charge in [-0.3, -0.25) is 15.1 Å². The number of hydrazine groups is 1. The summed E-state index contributed by atoms with van der Waals surface area (Å²) in [6.45, 7) is 2.73. The molecule has 0 aliphatic carbocycles. The average Bonchev–Trinajstić information content (AvgIpc) is 2.41. The van der Waals surface area contributed by atoms with Crippen LogP contribution < -0.4 is 11.3 Å². The summed E-state index contributed by atoms with van der Waals surface area (Å²) in [5, 5.41) is 0. The van der Waals surface area contributed by atoms with Crippen molar-refractivity contribution in [1.29, 1.82) is 0 Å².